The Morgan fingerprint density at radius 3 is 2.78 bits per heavy atom. The fraction of sp³-hybridized carbons (Fsp3) is 0.429. The molecule has 9 heavy (non-hydrogen) atoms. The Kier molecular flexibility index (Phi) is 2.61. The zero-order valence-corrected chi connectivity index (χ0v) is 7.26. The molecule has 0 aromatic carbocycles. The maximum atomic E-state index is 2.21. The first-order valence-corrected chi connectivity index (χ1v) is 4.80. The van der Waals surface area contributed by atoms with Crippen molar-refractivity contribution in [2.45, 2.75) is 24.0 Å². The molecular formula is C7H10S2. The first-order chi connectivity index (χ1) is 4.29. The van der Waals surface area contributed by atoms with E-state index in [2.05, 4.69) is 30.7 Å². The van der Waals surface area contributed by atoms with E-state index in [0.29, 0.717) is 5.25 Å². The maximum absolute atomic E-state index is 2.21. The van der Waals surface area contributed by atoms with Gasteiger partial charge in [-0.05, 0) is 11.4 Å². The highest BCUT2D eigenvalue weighted by atomic mass is 32.2. The summed E-state index contributed by atoms with van der Waals surface area (Å²) in [7, 11) is 0. The average molecular weight is 158 g/mol. The maximum Gasteiger partial charge on any atom is 0.0182 e. The third-order valence-corrected chi connectivity index (χ3v) is 2.70. The summed E-state index contributed by atoms with van der Waals surface area (Å²) < 4.78 is 0. The molecule has 0 N–H and O–H groups in total. The van der Waals surface area contributed by atoms with Gasteiger partial charge in [0.2, 0.25) is 0 Å². The number of hydrogen-bond donors (Lipinski definition) is 0. The van der Waals surface area contributed by atoms with E-state index in [1.165, 1.54) is 4.90 Å². The van der Waals surface area contributed by atoms with Crippen LogP contribution in [0.3, 0.4) is 0 Å². The van der Waals surface area contributed by atoms with Gasteiger partial charge in [0.1, 0.15) is 0 Å². The highest BCUT2D eigenvalue weighted by Gasteiger charge is 1.95. The van der Waals surface area contributed by atoms with Gasteiger partial charge in [0.05, 0.1) is 0 Å². The van der Waals surface area contributed by atoms with Crippen molar-refractivity contribution in [2.24, 2.45) is 0 Å². The topological polar surface area (TPSA) is 0 Å². The van der Waals surface area contributed by atoms with Gasteiger partial charge in [0.25, 0.3) is 0 Å². The van der Waals surface area contributed by atoms with Crippen molar-refractivity contribution in [1.82, 2.24) is 0 Å². The summed E-state index contributed by atoms with van der Waals surface area (Å²) in [5, 5.41) is 5.01. The van der Waals surface area contributed by atoms with E-state index in [0.717, 1.165) is 0 Å². The molecule has 0 unspecified atom stereocenters. The molecule has 0 atom stereocenters. The molecule has 0 aliphatic carbocycles. The van der Waals surface area contributed by atoms with Gasteiger partial charge in [-0.3, -0.25) is 0 Å². The molecule has 1 aromatic rings. The molecule has 0 radical (unpaired) electrons. The predicted octanol–water partition coefficient (Wildman–Crippen LogP) is 3.25. The van der Waals surface area contributed by atoms with Crippen LogP contribution < -0.4 is 0 Å². The van der Waals surface area contributed by atoms with Crippen molar-refractivity contribution in [1.29, 1.82) is 0 Å². The van der Waals surface area contributed by atoms with Gasteiger partial charge in [0.15, 0.2) is 0 Å². The Hall–Kier alpha value is 0.0500. The smallest absolute Gasteiger partial charge is 0.0182 e. The monoisotopic (exact) mass is 158 g/mol. The van der Waals surface area contributed by atoms with Gasteiger partial charge in [-0.25, -0.2) is 0 Å². The highest BCUT2D eigenvalue weighted by Crippen LogP contribution is 2.24. The van der Waals surface area contributed by atoms with Crippen LogP contribution in [-0.2, 0) is 0 Å². The minimum absolute atomic E-state index is 0.708. The molecule has 0 aliphatic heterocycles. The quantitative estimate of drug-likeness (QED) is 0.595. The van der Waals surface area contributed by atoms with Gasteiger partial charge in [-0.1, -0.05) is 13.8 Å². The van der Waals surface area contributed by atoms with Gasteiger partial charge in [-0.2, -0.15) is 11.3 Å². The highest BCUT2D eigenvalue weighted by molar-refractivity contribution is 8.00. The van der Waals surface area contributed by atoms with Crippen molar-refractivity contribution >= 4 is 23.1 Å². The largest absolute Gasteiger partial charge is 0.151 e. The predicted molar refractivity (Wildman–Crippen MR) is 45.3 cm³/mol. The molecule has 0 nitrogen and oxygen atoms in total. The van der Waals surface area contributed by atoms with Crippen molar-refractivity contribution in [3.63, 3.8) is 0 Å². The second-order valence-corrected chi connectivity index (χ2v) is 4.56. The second kappa shape index (κ2) is 3.28. The first-order valence-electron chi connectivity index (χ1n) is 2.98. The molecule has 0 saturated carbocycles. The summed E-state index contributed by atoms with van der Waals surface area (Å²) in [6, 6.07) is 2.16. The van der Waals surface area contributed by atoms with E-state index < -0.39 is 0 Å². The Morgan fingerprint density at radius 1 is 1.56 bits per heavy atom. The van der Waals surface area contributed by atoms with Crippen LogP contribution in [0, 0.1) is 0 Å². The molecular weight excluding hydrogens is 148 g/mol. The van der Waals surface area contributed by atoms with Crippen molar-refractivity contribution < 1.29 is 0 Å². The Bertz CT molecular complexity index is 153. The first kappa shape index (κ1) is 7.16. The summed E-state index contributed by atoms with van der Waals surface area (Å²) in [6.07, 6.45) is 0. The lowest BCUT2D eigenvalue weighted by Gasteiger charge is -1.98. The van der Waals surface area contributed by atoms with Crippen molar-refractivity contribution in [3.8, 4) is 0 Å². The van der Waals surface area contributed by atoms with E-state index in [4.69, 9.17) is 0 Å². The van der Waals surface area contributed by atoms with Gasteiger partial charge in [-0.15, -0.1) is 11.8 Å². The summed E-state index contributed by atoms with van der Waals surface area (Å²) >= 11 is 3.68. The van der Waals surface area contributed by atoms with E-state index in [9.17, 15) is 0 Å². The third kappa shape index (κ3) is 2.41. The molecule has 0 aliphatic rings. The van der Waals surface area contributed by atoms with Crippen LogP contribution in [0.25, 0.3) is 0 Å². The number of rotatable bonds is 2. The van der Waals surface area contributed by atoms with E-state index in [1.807, 2.05) is 11.8 Å². The molecule has 2 heteroatoms. The standard InChI is InChI=1S/C7H10S2/c1-6(2)9-7-3-4-8-5-7/h3-6H,1-2H3. The summed E-state index contributed by atoms with van der Waals surface area (Å²) in [5.74, 6) is 0. The van der Waals surface area contributed by atoms with Crippen LogP contribution in [0.1, 0.15) is 13.8 Å². The average Bonchev–Trinajstić information content (AvgIpc) is 2.15. The number of thioether (sulfide) groups is 1. The van der Waals surface area contributed by atoms with Crippen LogP contribution in [0.15, 0.2) is 21.7 Å². The number of hydrogen-bond acceptors (Lipinski definition) is 2. The minimum atomic E-state index is 0.708. The molecule has 0 bridgehead atoms. The molecule has 50 valence electrons. The lowest BCUT2D eigenvalue weighted by atomic mass is 10.6. The van der Waals surface area contributed by atoms with E-state index in [-0.39, 0.29) is 0 Å². The van der Waals surface area contributed by atoms with Crippen LogP contribution in [0.4, 0.5) is 0 Å². The van der Waals surface area contributed by atoms with E-state index in [1.54, 1.807) is 11.3 Å². The summed E-state index contributed by atoms with van der Waals surface area (Å²) in [5.41, 5.74) is 0. The van der Waals surface area contributed by atoms with Crippen LogP contribution in [-0.4, -0.2) is 5.25 Å². The molecule has 0 amide bonds. The summed E-state index contributed by atoms with van der Waals surface area (Å²) in [6.45, 7) is 4.42. The van der Waals surface area contributed by atoms with Crippen LogP contribution >= 0.6 is 23.1 Å². The Labute approximate surface area is 64.3 Å². The fourth-order valence-electron chi connectivity index (χ4n) is 0.591. The lowest BCUT2D eigenvalue weighted by Crippen LogP contribution is -1.82. The van der Waals surface area contributed by atoms with Gasteiger partial charge >= 0.3 is 0 Å². The number of thiophene rings is 1. The molecule has 1 aromatic heterocycles. The Morgan fingerprint density at radius 2 is 2.33 bits per heavy atom. The minimum Gasteiger partial charge on any atom is -0.151 e. The third-order valence-electron chi connectivity index (χ3n) is 0.867. The molecule has 0 spiro atoms. The lowest BCUT2D eigenvalue weighted by molar-refractivity contribution is 1.11. The van der Waals surface area contributed by atoms with Crippen LogP contribution in [0.5, 0.6) is 0 Å². The van der Waals surface area contributed by atoms with Crippen LogP contribution in [0.2, 0.25) is 0 Å². The molecule has 1 rings (SSSR count). The van der Waals surface area contributed by atoms with E-state index >= 15 is 0 Å². The van der Waals surface area contributed by atoms with Crippen molar-refractivity contribution in [2.75, 3.05) is 0 Å². The molecule has 1 heterocycles. The molecule has 0 fully saturated rings. The zero-order chi connectivity index (χ0) is 6.69. The zero-order valence-electron chi connectivity index (χ0n) is 5.63. The van der Waals surface area contributed by atoms with Crippen molar-refractivity contribution in [3.05, 3.63) is 16.8 Å². The Balaban J connectivity index is 2.48. The molecule has 0 saturated heterocycles. The SMILES string of the molecule is CC(C)Sc1ccsc1. The van der Waals surface area contributed by atoms with Gasteiger partial charge in [0, 0.05) is 15.5 Å². The second-order valence-electron chi connectivity index (χ2n) is 2.13. The fourth-order valence-corrected chi connectivity index (χ4v) is 2.27. The normalized spacial score (nSPS) is 10.6. The van der Waals surface area contributed by atoms with Gasteiger partial charge < -0.3 is 0 Å². The summed E-state index contributed by atoms with van der Waals surface area (Å²) in [4.78, 5) is 1.40.